The van der Waals surface area contributed by atoms with Gasteiger partial charge >= 0.3 is 0 Å². The van der Waals surface area contributed by atoms with Crippen LogP contribution in [-0.4, -0.2) is 43.6 Å². The van der Waals surface area contributed by atoms with Crippen LogP contribution in [0.3, 0.4) is 0 Å². The average molecular weight is 393 g/mol. The van der Waals surface area contributed by atoms with E-state index in [1.807, 2.05) is 42.5 Å². The fourth-order valence-electron chi connectivity index (χ4n) is 2.85. The Morgan fingerprint density at radius 2 is 1.93 bits per heavy atom. The van der Waals surface area contributed by atoms with E-state index in [9.17, 15) is 9.59 Å². The third-order valence-corrected chi connectivity index (χ3v) is 4.40. The lowest BCUT2D eigenvalue weighted by Gasteiger charge is -2.20. The molecule has 2 amide bonds. The summed E-state index contributed by atoms with van der Waals surface area (Å²) in [6, 6.07) is 16.1. The number of amides is 2. The lowest BCUT2D eigenvalue weighted by Crippen LogP contribution is -2.49. The van der Waals surface area contributed by atoms with Gasteiger partial charge in [0.25, 0.3) is 11.8 Å². The molecular formula is C21H23N5O3. The highest BCUT2D eigenvalue weighted by Crippen LogP contribution is 2.29. The van der Waals surface area contributed by atoms with E-state index in [1.54, 1.807) is 31.2 Å². The van der Waals surface area contributed by atoms with Crippen molar-refractivity contribution in [1.82, 2.24) is 10.3 Å². The monoisotopic (exact) mass is 393 g/mol. The number of carbonyl (C=O) groups is 2. The molecule has 29 heavy (non-hydrogen) atoms. The fourth-order valence-corrected chi connectivity index (χ4v) is 2.85. The zero-order chi connectivity index (χ0) is 20.8. The van der Waals surface area contributed by atoms with Gasteiger partial charge in [0.1, 0.15) is 24.1 Å². The van der Waals surface area contributed by atoms with Gasteiger partial charge in [0.05, 0.1) is 12.2 Å². The molecular weight excluding hydrogens is 370 g/mol. The molecule has 150 valence electrons. The van der Waals surface area contributed by atoms with Crippen LogP contribution in [0.25, 0.3) is 0 Å². The Morgan fingerprint density at radius 3 is 2.69 bits per heavy atom. The van der Waals surface area contributed by atoms with Crippen LogP contribution in [-0.2, 0) is 16.1 Å². The standard InChI is InChI=1S/C21H23N5O3/c1-15(23-24-25(2)13-16-9-5-4-6-10-16)20(27)22-17-14-29-19-12-8-7-11-18(19)26(3)21(17)28/h4-12,17H,1,13-14H2,2-3H3,(H,22,27)/b24-23-/t17-/m0/s1. The number of nitrogens with zero attached hydrogens (tertiary/aromatic N) is 4. The molecule has 2 aromatic carbocycles. The van der Waals surface area contributed by atoms with Crippen molar-refractivity contribution in [3.8, 4) is 5.75 Å². The number of rotatable bonds is 6. The van der Waals surface area contributed by atoms with Crippen LogP contribution >= 0.6 is 0 Å². The minimum atomic E-state index is -0.853. The predicted molar refractivity (Wildman–Crippen MR) is 109 cm³/mol. The van der Waals surface area contributed by atoms with Gasteiger partial charge in [-0.2, -0.15) is 0 Å². The van der Waals surface area contributed by atoms with Crippen LogP contribution < -0.4 is 15.0 Å². The number of nitrogens with one attached hydrogen (secondary N) is 1. The largest absolute Gasteiger partial charge is 0.489 e. The molecule has 1 atom stereocenters. The van der Waals surface area contributed by atoms with Gasteiger partial charge in [-0.25, -0.2) is 0 Å². The van der Waals surface area contributed by atoms with Crippen molar-refractivity contribution in [2.75, 3.05) is 25.6 Å². The number of fused-ring (bicyclic) bond motifs is 1. The van der Waals surface area contributed by atoms with Crippen LogP contribution in [0.2, 0.25) is 0 Å². The average Bonchev–Trinajstić information content (AvgIpc) is 2.85. The number of benzene rings is 2. The summed E-state index contributed by atoms with van der Waals surface area (Å²) in [4.78, 5) is 26.5. The molecule has 1 aliphatic rings. The highest BCUT2D eigenvalue weighted by molar-refractivity contribution is 6.02. The fraction of sp³-hybridized carbons (Fsp3) is 0.238. The quantitative estimate of drug-likeness (QED) is 0.464. The normalized spacial score (nSPS) is 16.0. The van der Waals surface area contributed by atoms with Gasteiger partial charge in [0, 0.05) is 14.1 Å². The molecule has 8 heteroatoms. The topological polar surface area (TPSA) is 86.6 Å². The third kappa shape index (κ3) is 4.98. The summed E-state index contributed by atoms with van der Waals surface area (Å²) < 4.78 is 5.68. The molecule has 0 saturated carbocycles. The molecule has 2 aromatic rings. The van der Waals surface area contributed by atoms with Gasteiger partial charge in [-0.05, 0) is 17.7 Å². The Balaban J connectivity index is 1.58. The summed E-state index contributed by atoms with van der Waals surface area (Å²) in [5, 5.41) is 12.1. The van der Waals surface area contributed by atoms with E-state index in [1.165, 1.54) is 4.90 Å². The number of ether oxygens (including phenoxy) is 1. The lowest BCUT2D eigenvalue weighted by atomic mass is 10.2. The van der Waals surface area contributed by atoms with Crippen molar-refractivity contribution in [2.45, 2.75) is 12.6 Å². The Bertz CT molecular complexity index is 929. The molecule has 0 aliphatic carbocycles. The van der Waals surface area contributed by atoms with Gasteiger partial charge in [0.15, 0.2) is 0 Å². The minimum Gasteiger partial charge on any atom is -0.489 e. The molecule has 1 aliphatic heterocycles. The van der Waals surface area contributed by atoms with Crippen LogP contribution in [0.1, 0.15) is 5.56 Å². The molecule has 0 saturated heterocycles. The van der Waals surface area contributed by atoms with Crippen LogP contribution in [0, 0.1) is 0 Å². The summed E-state index contributed by atoms with van der Waals surface area (Å²) in [7, 11) is 3.39. The number of para-hydroxylation sites is 2. The first-order valence-corrected chi connectivity index (χ1v) is 9.11. The van der Waals surface area contributed by atoms with E-state index in [2.05, 4.69) is 22.2 Å². The van der Waals surface area contributed by atoms with E-state index >= 15 is 0 Å². The van der Waals surface area contributed by atoms with Crippen molar-refractivity contribution in [1.29, 1.82) is 0 Å². The summed E-state index contributed by atoms with van der Waals surface area (Å²) >= 11 is 0. The Kier molecular flexibility index (Phi) is 6.23. The van der Waals surface area contributed by atoms with E-state index in [4.69, 9.17) is 4.74 Å². The van der Waals surface area contributed by atoms with Gasteiger partial charge in [-0.3, -0.25) is 14.6 Å². The molecule has 0 bridgehead atoms. The van der Waals surface area contributed by atoms with Crippen molar-refractivity contribution in [3.63, 3.8) is 0 Å². The molecule has 0 unspecified atom stereocenters. The third-order valence-electron chi connectivity index (χ3n) is 4.40. The van der Waals surface area contributed by atoms with E-state index in [0.29, 0.717) is 18.0 Å². The smallest absolute Gasteiger partial charge is 0.271 e. The van der Waals surface area contributed by atoms with Gasteiger partial charge < -0.3 is 15.0 Å². The summed E-state index contributed by atoms with van der Waals surface area (Å²) in [6.45, 7) is 4.20. The first-order chi connectivity index (χ1) is 14.0. The van der Waals surface area contributed by atoms with Crippen LogP contribution in [0.15, 0.2) is 77.2 Å². The second-order valence-electron chi connectivity index (χ2n) is 6.64. The van der Waals surface area contributed by atoms with Crippen molar-refractivity contribution in [2.24, 2.45) is 10.3 Å². The molecule has 0 spiro atoms. The van der Waals surface area contributed by atoms with Gasteiger partial charge in [-0.15, -0.1) is 5.11 Å². The van der Waals surface area contributed by atoms with E-state index in [-0.39, 0.29) is 18.2 Å². The molecule has 0 fully saturated rings. The minimum absolute atomic E-state index is 0.0181. The van der Waals surface area contributed by atoms with Crippen molar-refractivity contribution < 1.29 is 14.3 Å². The Labute approximate surface area is 169 Å². The second kappa shape index (κ2) is 9.01. The Morgan fingerprint density at radius 1 is 1.24 bits per heavy atom. The second-order valence-corrected chi connectivity index (χ2v) is 6.64. The maximum Gasteiger partial charge on any atom is 0.271 e. The number of hydrogen-bond donors (Lipinski definition) is 1. The predicted octanol–water partition coefficient (Wildman–Crippen LogP) is 2.54. The molecule has 1 N–H and O–H groups in total. The number of anilines is 1. The summed E-state index contributed by atoms with van der Waals surface area (Å²) in [6.07, 6.45) is 0. The van der Waals surface area contributed by atoms with E-state index in [0.717, 1.165) is 5.56 Å². The zero-order valence-corrected chi connectivity index (χ0v) is 16.4. The maximum absolute atomic E-state index is 12.7. The molecule has 0 aromatic heterocycles. The van der Waals surface area contributed by atoms with Crippen LogP contribution in [0.5, 0.6) is 5.75 Å². The molecule has 0 radical (unpaired) electrons. The Hall–Kier alpha value is -3.68. The maximum atomic E-state index is 12.7. The SMILES string of the molecule is C=C(/N=N\N(C)Cc1ccccc1)C(=O)N[C@H]1COc2ccccc2N(C)C1=O. The zero-order valence-electron chi connectivity index (χ0n) is 16.4. The molecule has 1 heterocycles. The first kappa shape index (κ1) is 20.1. The number of hydrogen-bond acceptors (Lipinski definition) is 5. The number of likely N-dealkylation sites (N-methyl/N-ethyl adjacent to an activating group) is 1. The lowest BCUT2D eigenvalue weighted by molar-refractivity contribution is -0.126. The first-order valence-electron chi connectivity index (χ1n) is 9.11. The van der Waals surface area contributed by atoms with E-state index < -0.39 is 11.9 Å². The van der Waals surface area contributed by atoms with Crippen molar-refractivity contribution in [3.05, 3.63) is 72.4 Å². The number of carbonyl (C=O) groups excluding carboxylic acids is 2. The molecule has 8 nitrogen and oxygen atoms in total. The summed E-state index contributed by atoms with van der Waals surface area (Å²) in [5.74, 6) is -0.279. The highest BCUT2D eigenvalue weighted by atomic mass is 16.5. The van der Waals surface area contributed by atoms with Crippen LogP contribution in [0.4, 0.5) is 5.69 Å². The van der Waals surface area contributed by atoms with Gasteiger partial charge in [-0.1, -0.05) is 54.3 Å². The summed E-state index contributed by atoms with van der Waals surface area (Å²) in [5.41, 5.74) is 1.62. The van der Waals surface area contributed by atoms with Gasteiger partial charge in [0.2, 0.25) is 0 Å². The molecule has 3 rings (SSSR count). The van der Waals surface area contributed by atoms with Crippen molar-refractivity contribution >= 4 is 17.5 Å². The highest BCUT2D eigenvalue weighted by Gasteiger charge is 2.30.